The minimum absolute atomic E-state index is 0.265. The second kappa shape index (κ2) is 6.65. The van der Waals surface area contributed by atoms with E-state index in [2.05, 4.69) is 5.32 Å². The van der Waals surface area contributed by atoms with Crippen molar-refractivity contribution >= 4 is 24.0 Å². The number of benzene rings is 1. The Labute approximate surface area is 120 Å². The highest BCUT2D eigenvalue weighted by Gasteiger charge is 2.26. The van der Waals surface area contributed by atoms with Gasteiger partial charge in [-0.1, -0.05) is 12.1 Å². The largest absolute Gasteiger partial charge is 0.452 e. The molecule has 110 valence electrons. The molecule has 1 aliphatic heterocycles. The molecule has 0 aromatic heterocycles. The molecule has 1 aromatic rings. The normalized spacial score (nSPS) is 14.3. The molecule has 0 saturated carbocycles. The van der Waals surface area contributed by atoms with Crippen LogP contribution >= 0.6 is 0 Å². The minimum Gasteiger partial charge on any atom is -0.452 e. The Morgan fingerprint density at radius 3 is 2.67 bits per heavy atom. The van der Waals surface area contributed by atoms with Crippen LogP contribution in [0.25, 0.3) is 6.08 Å². The molecule has 0 bridgehead atoms. The highest BCUT2D eigenvalue weighted by atomic mass is 19.1. The second-order valence-electron chi connectivity index (χ2n) is 4.27. The molecular formula is C14H13FN2O4. The van der Waals surface area contributed by atoms with E-state index < -0.39 is 24.5 Å². The van der Waals surface area contributed by atoms with E-state index in [1.807, 2.05) is 0 Å². The lowest BCUT2D eigenvalue weighted by Crippen LogP contribution is -2.37. The second-order valence-corrected chi connectivity index (χ2v) is 4.27. The number of nitrogens with zero attached hydrogens (tertiary/aromatic N) is 1. The predicted molar refractivity (Wildman–Crippen MR) is 71.5 cm³/mol. The van der Waals surface area contributed by atoms with E-state index in [0.29, 0.717) is 12.1 Å². The number of hydrogen-bond acceptors (Lipinski definition) is 4. The topological polar surface area (TPSA) is 75.7 Å². The van der Waals surface area contributed by atoms with Crippen LogP contribution in [0.15, 0.2) is 30.3 Å². The van der Waals surface area contributed by atoms with Crippen LogP contribution in [0.1, 0.15) is 5.56 Å². The zero-order valence-electron chi connectivity index (χ0n) is 11.0. The Bertz CT molecular complexity index is 583. The zero-order valence-corrected chi connectivity index (χ0v) is 11.0. The molecule has 1 heterocycles. The first-order valence-corrected chi connectivity index (χ1v) is 6.25. The van der Waals surface area contributed by atoms with E-state index in [1.54, 1.807) is 0 Å². The van der Waals surface area contributed by atoms with Gasteiger partial charge in [0.15, 0.2) is 6.61 Å². The SMILES string of the molecule is O=C(/C=C/c1ccc(F)cc1)OCC(=O)N1CCNC1=O. The molecular weight excluding hydrogens is 279 g/mol. The number of carbonyl (C=O) groups is 3. The molecule has 1 aliphatic rings. The Kier molecular flexibility index (Phi) is 4.65. The third-order valence-electron chi connectivity index (χ3n) is 2.78. The number of hydrogen-bond donors (Lipinski definition) is 1. The summed E-state index contributed by atoms with van der Waals surface area (Å²) >= 11 is 0. The van der Waals surface area contributed by atoms with Crippen molar-refractivity contribution in [3.63, 3.8) is 0 Å². The quantitative estimate of drug-likeness (QED) is 0.662. The Hall–Kier alpha value is -2.70. The van der Waals surface area contributed by atoms with Gasteiger partial charge in [-0.2, -0.15) is 0 Å². The number of carbonyl (C=O) groups excluding carboxylic acids is 3. The van der Waals surface area contributed by atoms with Gasteiger partial charge >= 0.3 is 12.0 Å². The summed E-state index contributed by atoms with van der Waals surface area (Å²) < 4.78 is 17.4. The predicted octanol–water partition coefficient (Wildman–Crippen LogP) is 0.934. The summed E-state index contributed by atoms with van der Waals surface area (Å²) in [6, 6.07) is 5.04. The molecule has 0 radical (unpaired) electrons. The lowest BCUT2D eigenvalue weighted by Gasteiger charge is -2.11. The summed E-state index contributed by atoms with van der Waals surface area (Å²) in [5, 5.41) is 2.47. The van der Waals surface area contributed by atoms with Crippen molar-refractivity contribution in [1.82, 2.24) is 10.2 Å². The van der Waals surface area contributed by atoms with Crippen molar-refractivity contribution in [3.8, 4) is 0 Å². The van der Waals surface area contributed by atoms with Crippen LogP contribution < -0.4 is 5.32 Å². The lowest BCUT2D eigenvalue weighted by molar-refractivity contribution is -0.146. The van der Waals surface area contributed by atoms with Crippen molar-refractivity contribution in [2.45, 2.75) is 0 Å². The first-order valence-electron chi connectivity index (χ1n) is 6.25. The average molecular weight is 292 g/mol. The standard InChI is InChI=1S/C14H13FN2O4/c15-11-4-1-10(2-5-11)3-6-13(19)21-9-12(18)17-8-7-16-14(17)20/h1-6H,7-9H2,(H,16,20)/b6-3+. The van der Waals surface area contributed by atoms with Crippen LogP contribution in [0, 0.1) is 5.82 Å². The van der Waals surface area contributed by atoms with Crippen molar-refractivity contribution in [3.05, 3.63) is 41.7 Å². The van der Waals surface area contributed by atoms with E-state index in [0.717, 1.165) is 11.0 Å². The summed E-state index contributed by atoms with van der Waals surface area (Å²) in [5.74, 6) is -1.66. The number of imide groups is 1. The van der Waals surface area contributed by atoms with Crippen LogP contribution in [0.5, 0.6) is 0 Å². The third kappa shape index (κ3) is 4.13. The van der Waals surface area contributed by atoms with Crippen LogP contribution in [0.4, 0.5) is 9.18 Å². The van der Waals surface area contributed by atoms with Crippen molar-refractivity contribution in [2.75, 3.05) is 19.7 Å². The molecule has 2 rings (SSSR count). The average Bonchev–Trinajstić information content (AvgIpc) is 2.90. The lowest BCUT2D eigenvalue weighted by atomic mass is 10.2. The van der Waals surface area contributed by atoms with Crippen molar-refractivity contribution in [1.29, 1.82) is 0 Å². The maximum Gasteiger partial charge on any atom is 0.331 e. The van der Waals surface area contributed by atoms with Gasteiger partial charge in [0.1, 0.15) is 5.82 Å². The highest BCUT2D eigenvalue weighted by Crippen LogP contribution is 2.05. The van der Waals surface area contributed by atoms with Gasteiger partial charge in [0.25, 0.3) is 5.91 Å². The fourth-order valence-corrected chi connectivity index (χ4v) is 1.71. The van der Waals surface area contributed by atoms with Crippen LogP contribution in [0.2, 0.25) is 0 Å². The van der Waals surface area contributed by atoms with Crippen molar-refractivity contribution < 1.29 is 23.5 Å². The molecule has 1 N–H and O–H groups in total. The van der Waals surface area contributed by atoms with E-state index in [9.17, 15) is 18.8 Å². The molecule has 1 aromatic carbocycles. The van der Waals surface area contributed by atoms with E-state index in [-0.39, 0.29) is 12.4 Å². The molecule has 0 unspecified atom stereocenters. The number of amides is 3. The molecule has 6 nitrogen and oxygen atoms in total. The Morgan fingerprint density at radius 2 is 2.05 bits per heavy atom. The van der Waals surface area contributed by atoms with Gasteiger partial charge in [0.05, 0.1) is 0 Å². The molecule has 0 aliphatic carbocycles. The number of rotatable bonds is 4. The molecule has 1 saturated heterocycles. The van der Waals surface area contributed by atoms with Gasteiger partial charge in [-0.3, -0.25) is 9.69 Å². The molecule has 1 fully saturated rings. The van der Waals surface area contributed by atoms with Gasteiger partial charge in [-0.05, 0) is 23.8 Å². The summed E-state index contributed by atoms with van der Waals surface area (Å²) in [4.78, 5) is 35.2. The Balaban J connectivity index is 1.80. The van der Waals surface area contributed by atoms with Gasteiger partial charge in [-0.25, -0.2) is 14.0 Å². The van der Waals surface area contributed by atoms with Crippen LogP contribution in [-0.2, 0) is 14.3 Å². The summed E-state index contributed by atoms with van der Waals surface area (Å²) in [6.45, 7) is 0.156. The maximum absolute atomic E-state index is 12.7. The summed E-state index contributed by atoms with van der Waals surface area (Å²) in [5.41, 5.74) is 0.624. The van der Waals surface area contributed by atoms with E-state index in [4.69, 9.17) is 4.74 Å². The zero-order chi connectivity index (χ0) is 15.2. The number of ether oxygens (including phenoxy) is 1. The minimum atomic E-state index is -0.715. The molecule has 21 heavy (non-hydrogen) atoms. The fourth-order valence-electron chi connectivity index (χ4n) is 1.71. The number of halogens is 1. The van der Waals surface area contributed by atoms with Gasteiger partial charge < -0.3 is 10.1 Å². The first-order chi connectivity index (χ1) is 10.1. The molecule has 3 amide bonds. The van der Waals surface area contributed by atoms with E-state index >= 15 is 0 Å². The van der Waals surface area contributed by atoms with Crippen molar-refractivity contribution in [2.24, 2.45) is 0 Å². The molecule has 0 spiro atoms. The maximum atomic E-state index is 12.7. The smallest absolute Gasteiger partial charge is 0.331 e. The number of esters is 1. The van der Waals surface area contributed by atoms with Gasteiger partial charge in [0.2, 0.25) is 0 Å². The molecule has 0 atom stereocenters. The summed E-state index contributed by atoms with van der Waals surface area (Å²) in [6.07, 6.45) is 2.57. The van der Waals surface area contributed by atoms with Gasteiger partial charge in [0, 0.05) is 19.2 Å². The third-order valence-corrected chi connectivity index (χ3v) is 2.78. The summed E-state index contributed by atoms with van der Waals surface area (Å²) in [7, 11) is 0. The van der Waals surface area contributed by atoms with E-state index in [1.165, 1.54) is 30.3 Å². The first kappa shape index (κ1) is 14.7. The van der Waals surface area contributed by atoms with Crippen LogP contribution in [-0.4, -0.2) is 42.5 Å². The highest BCUT2D eigenvalue weighted by molar-refractivity contribution is 5.97. The number of urea groups is 1. The monoisotopic (exact) mass is 292 g/mol. The van der Waals surface area contributed by atoms with Gasteiger partial charge in [-0.15, -0.1) is 0 Å². The van der Waals surface area contributed by atoms with Crippen LogP contribution in [0.3, 0.4) is 0 Å². The number of nitrogens with one attached hydrogen (secondary N) is 1. The fraction of sp³-hybridized carbons (Fsp3) is 0.214. The Morgan fingerprint density at radius 1 is 1.33 bits per heavy atom. The molecule has 7 heteroatoms.